The van der Waals surface area contributed by atoms with Crippen molar-refractivity contribution in [2.75, 3.05) is 0 Å². The lowest BCUT2D eigenvalue weighted by Gasteiger charge is -2.05. The van der Waals surface area contributed by atoms with Gasteiger partial charge in [-0.05, 0) is 23.8 Å². The zero-order valence-corrected chi connectivity index (χ0v) is 11.1. The van der Waals surface area contributed by atoms with E-state index in [0.717, 1.165) is 5.56 Å². The Balaban J connectivity index is 2.46. The van der Waals surface area contributed by atoms with Crippen molar-refractivity contribution >= 4 is 40.8 Å². The Morgan fingerprint density at radius 1 is 1.06 bits per heavy atom. The third kappa shape index (κ3) is 2.58. The van der Waals surface area contributed by atoms with Crippen molar-refractivity contribution < 1.29 is 9.90 Å². The number of carboxylic acid groups (broad SMARTS) is 1. The number of aromatic nitrogens is 1. The van der Waals surface area contributed by atoms with E-state index < -0.39 is 5.97 Å². The second-order valence-corrected chi connectivity index (χ2v) is 4.68. The van der Waals surface area contributed by atoms with Crippen molar-refractivity contribution in [2.45, 2.75) is 0 Å². The second kappa shape index (κ2) is 5.14. The number of benzene rings is 1. The second-order valence-electron chi connectivity index (χ2n) is 3.49. The number of hydrogen-bond donors (Lipinski definition) is 1. The third-order valence-electron chi connectivity index (χ3n) is 2.30. The molecular formula is C12H6Cl3NO2. The maximum Gasteiger partial charge on any atom is 0.354 e. The van der Waals surface area contributed by atoms with Gasteiger partial charge in [-0.15, -0.1) is 0 Å². The molecule has 1 aromatic heterocycles. The molecule has 0 spiro atoms. The van der Waals surface area contributed by atoms with Crippen molar-refractivity contribution in [2.24, 2.45) is 0 Å². The summed E-state index contributed by atoms with van der Waals surface area (Å²) in [5.74, 6) is -1.08. The quantitative estimate of drug-likeness (QED) is 0.836. The van der Waals surface area contributed by atoms with E-state index in [9.17, 15) is 4.79 Å². The van der Waals surface area contributed by atoms with Crippen LogP contribution in [0.25, 0.3) is 11.1 Å². The number of rotatable bonds is 2. The summed E-state index contributed by atoms with van der Waals surface area (Å²) >= 11 is 17.7. The van der Waals surface area contributed by atoms with Crippen LogP contribution in [-0.2, 0) is 0 Å². The lowest BCUT2D eigenvalue weighted by atomic mass is 10.1. The number of halogens is 3. The Hall–Kier alpha value is -1.29. The Kier molecular flexibility index (Phi) is 3.76. The van der Waals surface area contributed by atoms with E-state index in [4.69, 9.17) is 39.9 Å². The molecule has 2 rings (SSSR count). The third-order valence-corrected chi connectivity index (χ3v) is 3.50. The molecule has 6 heteroatoms. The Labute approximate surface area is 118 Å². The first-order valence-corrected chi connectivity index (χ1v) is 5.96. The molecule has 0 bridgehead atoms. The highest BCUT2D eigenvalue weighted by Crippen LogP contribution is 2.34. The van der Waals surface area contributed by atoms with Gasteiger partial charge >= 0.3 is 5.97 Å². The Morgan fingerprint density at radius 2 is 1.67 bits per heavy atom. The van der Waals surface area contributed by atoms with Crippen LogP contribution in [0.15, 0.2) is 30.5 Å². The molecule has 1 aromatic carbocycles. The van der Waals surface area contributed by atoms with E-state index in [2.05, 4.69) is 4.98 Å². The summed E-state index contributed by atoms with van der Waals surface area (Å²) in [7, 11) is 0. The smallest absolute Gasteiger partial charge is 0.354 e. The van der Waals surface area contributed by atoms with Crippen LogP contribution in [0.3, 0.4) is 0 Å². The fourth-order valence-electron chi connectivity index (χ4n) is 1.41. The van der Waals surface area contributed by atoms with E-state index in [1.807, 2.05) is 0 Å². The number of aromatic carboxylic acids is 1. The topological polar surface area (TPSA) is 50.2 Å². The Morgan fingerprint density at radius 3 is 2.11 bits per heavy atom. The molecule has 0 saturated heterocycles. The molecule has 0 atom stereocenters. The highest BCUT2D eigenvalue weighted by atomic mass is 35.5. The van der Waals surface area contributed by atoms with Crippen molar-refractivity contribution in [3.8, 4) is 11.1 Å². The summed E-state index contributed by atoms with van der Waals surface area (Å²) in [5.41, 5.74) is 1.41. The lowest BCUT2D eigenvalue weighted by Crippen LogP contribution is -1.99. The molecule has 0 aliphatic heterocycles. The first-order chi connectivity index (χ1) is 8.49. The first-order valence-electron chi connectivity index (χ1n) is 4.83. The van der Waals surface area contributed by atoms with Gasteiger partial charge in [-0.1, -0.05) is 40.9 Å². The lowest BCUT2D eigenvalue weighted by molar-refractivity contribution is 0.0690. The molecule has 18 heavy (non-hydrogen) atoms. The number of nitrogens with zero attached hydrogens (tertiary/aromatic N) is 1. The van der Waals surface area contributed by atoms with Crippen molar-refractivity contribution in [3.63, 3.8) is 0 Å². The van der Waals surface area contributed by atoms with E-state index in [-0.39, 0.29) is 10.7 Å². The van der Waals surface area contributed by atoms with E-state index in [1.165, 1.54) is 12.3 Å². The predicted molar refractivity (Wildman–Crippen MR) is 71.7 cm³/mol. The maximum atomic E-state index is 10.7. The SMILES string of the molecule is O=C(O)c1ccc(-c2cc(Cl)c(Cl)c(Cl)c2)cn1. The molecule has 3 nitrogen and oxygen atoms in total. The fraction of sp³-hybridized carbons (Fsp3) is 0. The maximum absolute atomic E-state index is 10.7. The van der Waals surface area contributed by atoms with Crippen LogP contribution < -0.4 is 0 Å². The van der Waals surface area contributed by atoms with E-state index in [0.29, 0.717) is 15.6 Å². The molecule has 0 aliphatic carbocycles. The average molecular weight is 303 g/mol. The minimum Gasteiger partial charge on any atom is -0.477 e. The van der Waals surface area contributed by atoms with Gasteiger partial charge in [0.25, 0.3) is 0 Å². The Bertz CT molecular complexity index is 588. The fourth-order valence-corrected chi connectivity index (χ4v) is 2.01. The van der Waals surface area contributed by atoms with Crippen LogP contribution in [0.5, 0.6) is 0 Å². The van der Waals surface area contributed by atoms with Gasteiger partial charge < -0.3 is 5.11 Å². The van der Waals surface area contributed by atoms with Gasteiger partial charge in [-0.3, -0.25) is 0 Å². The monoisotopic (exact) mass is 301 g/mol. The van der Waals surface area contributed by atoms with Crippen molar-refractivity contribution in [1.29, 1.82) is 0 Å². The van der Waals surface area contributed by atoms with Crippen molar-refractivity contribution in [1.82, 2.24) is 4.98 Å². The highest BCUT2D eigenvalue weighted by Gasteiger charge is 2.09. The van der Waals surface area contributed by atoms with Gasteiger partial charge in [0, 0.05) is 11.8 Å². The zero-order valence-electron chi connectivity index (χ0n) is 8.82. The average Bonchev–Trinajstić information content (AvgIpc) is 2.35. The van der Waals surface area contributed by atoms with Gasteiger partial charge in [0.05, 0.1) is 15.1 Å². The van der Waals surface area contributed by atoms with Crippen LogP contribution in [0.2, 0.25) is 15.1 Å². The molecular weight excluding hydrogens is 296 g/mol. The summed E-state index contributed by atoms with van der Waals surface area (Å²) < 4.78 is 0. The van der Waals surface area contributed by atoms with E-state index in [1.54, 1.807) is 18.2 Å². The van der Waals surface area contributed by atoms with Crippen LogP contribution in [-0.4, -0.2) is 16.1 Å². The molecule has 1 N–H and O–H groups in total. The number of pyridine rings is 1. The van der Waals surface area contributed by atoms with Gasteiger partial charge in [-0.25, -0.2) is 9.78 Å². The summed E-state index contributed by atoms with van der Waals surface area (Å²) in [4.78, 5) is 14.5. The molecule has 0 saturated carbocycles. The molecule has 0 radical (unpaired) electrons. The van der Waals surface area contributed by atoms with Gasteiger partial charge in [-0.2, -0.15) is 0 Å². The molecule has 0 fully saturated rings. The number of hydrogen-bond acceptors (Lipinski definition) is 2. The van der Waals surface area contributed by atoms with Gasteiger partial charge in [0.15, 0.2) is 0 Å². The van der Waals surface area contributed by atoms with Crippen LogP contribution in [0, 0.1) is 0 Å². The minimum atomic E-state index is -1.08. The first kappa shape index (κ1) is 13.1. The standard InChI is InChI=1S/C12H6Cl3NO2/c13-8-3-7(4-9(14)11(8)15)6-1-2-10(12(17)18)16-5-6/h1-5H,(H,17,18). The number of carboxylic acids is 1. The van der Waals surface area contributed by atoms with Gasteiger partial charge in [0.1, 0.15) is 5.69 Å². The number of carbonyl (C=O) groups is 1. The molecule has 1 heterocycles. The summed E-state index contributed by atoms with van der Waals surface area (Å²) in [5, 5.41) is 9.71. The zero-order chi connectivity index (χ0) is 13.3. The largest absolute Gasteiger partial charge is 0.477 e. The van der Waals surface area contributed by atoms with E-state index >= 15 is 0 Å². The summed E-state index contributed by atoms with van der Waals surface area (Å²) in [6.45, 7) is 0. The highest BCUT2D eigenvalue weighted by molar-refractivity contribution is 6.48. The molecule has 0 unspecified atom stereocenters. The van der Waals surface area contributed by atoms with Crippen LogP contribution in [0.4, 0.5) is 0 Å². The van der Waals surface area contributed by atoms with Crippen LogP contribution in [0.1, 0.15) is 10.5 Å². The minimum absolute atomic E-state index is 0.0232. The molecule has 2 aromatic rings. The molecule has 0 aliphatic rings. The predicted octanol–water partition coefficient (Wildman–Crippen LogP) is 4.41. The van der Waals surface area contributed by atoms with Crippen LogP contribution >= 0.6 is 34.8 Å². The normalized spacial score (nSPS) is 10.4. The van der Waals surface area contributed by atoms with Gasteiger partial charge in [0.2, 0.25) is 0 Å². The van der Waals surface area contributed by atoms with Crippen molar-refractivity contribution in [3.05, 3.63) is 51.2 Å². The molecule has 92 valence electrons. The summed E-state index contributed by atoms with van der Waals surface area (Å²) in [6, 6.07) is 6.33. The summed E-state index contributed by atoms with van der Waals surface area (Å²) in [6.07, 6.45) is 1.44. The molecule has 0 amide bonds.